The number of aliphatic hydroxyl groups is 6. The van der Waals surface area contributed by atoms with Crippen molar-refractivity contribution in [3.05, 3.63) is 47.5 Å². The summed E-state index contributed by atoms with van der Waals surface area (Å²) in [5, 5.41) is 72.3. The summed E-state index contributed by atoms with van der Waals surface area (Å²) in [7, 11) is 1.53. The Morgan fingerprint density at radius 2 is 1.60 bits per heavy atom. The van der Waals surface area contributed by atoms with Crippen LogP contribution >= 0.6 is 0 Å². The second-order valence-electron chi connectivity index (χ2n) is 10.4. The molecule has 7 N–H and O–H groups in total. The van der Waals surface area contributed by atoms with Gasteiger partial charge in [-0.3, -0.25) is 4.79 Å². The smallest absolute Gasteiger partial charge is 0.229 e. The van der Waals surface area contributed by atoms with E-state index in [-0.39, 0.29) is 29.3 Å². The Balaban J connectivity index is 1.40. The first kappa shape index (κ1) is 30.4. The fourth-order valence-corrected chi connectivity index (χ4v) is 5.20. The second-order valence-corrected chi connectivity index (χ2v) is 10.4. The highest BCUT2D eigenvalue weighted by molar-refractivity contribution is 6.02. The third-order valence-electron chi connectivity index (χ3n) is 7.64. The van der Waals surface area contributed by atoms with Crippen LogP contribution in [0.5, 0.6) is 23.0 Å². The minimum Gasteiger partial charge on any atom is -0.507 e. The zero-order valence-electron chi connectivity index (χ0n) is 22.7. The molecule has 0 aromatic heterocycles. The predicted molar refractivity (Wildman–Crippen MR) is 139 cm³/mol. The number of benzene rings is 2. The lowest BCUT2D eigenvalue weighted by molar-refractivity contribution is -0.354. The lowest BCUT2D eigenvalue weighted by Crippen LogP contribution is -2.64. The van der Waals surface area contributed by atoms with Gasteiger partial charge in [-0.2, -0.15) is 0 Å². The Kier molecular flexibility index (Phi) is 8.89. The van der Waals surface area contributed by atoms with Crippen molar-refractivity contribution in [2.75, 3.05) is 13.7 Å². The number of ketones is 1. The number of Topliss-reactive ketones (excluding diaryl/α,β-unsaturated/α-hetero) is 1. The van der Waals surface area contributed by atoms with Crippen molar-refractivity contribution in [2.24, 2.45) is 0 Å². The third kappa shape index (κ3) is 5.77. The minimum atomic E-state index is -1.74. The first-order valence-electron chi connectivity index (χ1n) is 13.4. The Morgan fingerprint density at radius 1 is 0.881 bits per heavy atom. The van der Waals surface area contributed by atoms with Crippen molar-refractivity contribution < 1.29 is 69.0 Å². The maximum absolute atomic E-state index is 12.9. The molecule has 11 atom stereocenters. The van der Waals surface area contributed by atoms with Crippen molar-refractivity contribution in [1.29, 1.82) is 0 Å². The van der Waals surface area contributed by atoms with Gasteiger partial charge in [-0.1, -0.05) is 12.1 Å². The van der Waals surface area contributed by atoms with Gasteiger partial charge in [-0.15, -0.1) is 0 Å². The van der Waals surface area contributed by atoms with E-state index in [1.165, 1.54) is 20.1 Å². The maximum atomic E-state index is 12.9. The van der Waals surface area contributed by atoms with Crippen LogP contribution in [0.2, 0.25) is 0 Å². The molecule has 230 valence electrons. The number of hydrogen-bond donors (Lipinski definition) is 7. The monoisotopic (exact) mass is 594 g/mol. The molecule has 0 spiro atoms. The molecule has 0 bridgehead atoms. The van der Waals surface area contributed by atoms with Crippen LogP contribution in [0.3, 0.4) is 0 Å². The number of fused-ring (bicyclic) bond motifs is 1. The number of carbonyl (C=O) groups is 1. The molecular formula is C28H34O14. The van der Waals surface area contributed by atoms with E-state index < -0.39 is 79.9 Å². The van der Waals surface area contributed by atoms with E-state index in [2.05, 4.69) is 0 Å². The van der Waals surface area contributed by atoms with Crippen LogP contribution in [-0.2, 0) is 14.2 Å². The molecule has 0 aliphatic carbocycles. The van der Waals surface area contributed by atoms with Crippen LogP contribution in [0, 0.1) is 0 Å². The fourth-order valence-electron chi connectivity index (χ4n) is 5.20. The first-order chi connectivity index (χ1) is 20.0. The van der Waals surface area contributed by atoms with Crippen LogP contribution in [0.1, 0.15) is 35.4 Å². The summed E-state index contributed by atoms with van der Waals surface area (Å²) in [5.74, 6) is -0.244. The maximum Gasteiger partial charge on any atom is 0.229 e. The zero-order chi connectivity index (χ0) is 30.3. The molecule has 14 heteroatoms. The van der Waals surface area contributed by atoms with E-state index in [0.29, 0.717) is 11.3 Å². The Morgan fingerprint density at radius 3 is 2.26 bits per heavy atom. The SMILES string of the molecule is COc1ccc([C@@H]2CC(=O)c3c(O)cc(O[C@@H]4O[C@H](CO)[C@@H](O)[C@@H](O)[C@@H]4O[C@@H]4O[C@@H](C)[C@H](O)[C@H](O)[C@@H]4O)cc3O2)cc1. The van der Waals surface area contributed by atoms with Gasteiger partial charge < -0.3 is 64.2 Å². The number of hydrogen-bond acceptors (Lipinski definition) is 14. The third-order valence-corrected chi connectivity index (χ3v) is 7.64. The molecule has 14 nitrogen and oxygen atoms in total. The van der Waals surface area contributed by atoms with Gasteiger partial charge in [0.2, 0.25) is 6.29 Å². The van der Waals surface area contributed by atoms with E-state index in [4.69, 9.17) is 28.4 Å². The summed E-state index contributed by atoms with van der Waals surface area (Å²) in [6.07, 6.45) is -15.8. The summed E-state index contributed by atoms with van der Waals surface area (Å²) >= 11 is 0. The Labute approximate surface area is 240 Å². The van der Waals surface area contributed by atoms with E-state index >= 15 is 0 Å². The highest BCUT2D eigenvalue weighted by Crippen LogP contribution is 2.43. The average molecular weight is 595 g/mol. The Bertz CT molecular complexity index is 1250. The highest BCUT2D eigenvalue weighted by atomic mass is 16.8. The van der Waals surface area contributed by atoms with Crippen LogP contribution in [0.4, 0.5) is 0 Å². The summed E-state index contributed by atoms with van der Waals surface area (Å²) in [4.78, 5) is 12.9. The molecule has 3 heterocycles. The second kappa shape index (κ2) is 12.3. The molecule has 5 rings (SSSR count). The molecule has 0 radical (unpaired) electrons. The van der Waals surface area contributed by atoms with E-state index in [1.807, 2.05) is 0 Å². The highest BCUT2D eigenvalue weighted by Gasteiger charge is 2.51. The van der Waals surface area contributed by atoms with Gasteiger partial charge in [0.15, 0.2) is 18.2 Å². The molecule has 42 heavy (non-hydrogen) atoms. The number of ether oxygens (including phenoxy) is 6. The number of aromatic hydroxyl groups is 1. The normalized spacial score (nSPS) is 36.6. The summed E-state index contributed by atoms with van der Waals surface area (Å²) in [5.41, 5.74) is 0.647. The van der Waals surface area contributed by atoms with Crippen molar-refractivity contribution in [1.82, 2.24) is 0 Å². The number of carbonyl (C=O) groups excluding carboxylic acids is 1. The van der Waals surface area contributed by atoms with Crippen LogP contribution in [0.15, 0.2) is 36.4 Å². The summed E-state index contributed by atoms with van der Waals surface area (Å²) < 4.78 is 33.9. The summed E-state index contributed by atoms with van der Waals surface area (Å²) in [6, 6.07) is 9.42. The van der Waals surface area contributed by atoms with Gasteiger partial charge in [0, 0.05) is 12.1 Å². The number of rotatable bonds is 7. The molecule has 3 aliphatic heterocycles. The van der Waals surface area contributed by atoms with Gasteiger partial charge in [0.25, 0.3) is 0 Å². The van der Waals surface area contributed by atoms with Crippen LogP contribution in [-0.4, -0.2) is 117 Å². The van der Waals surface area contributed by atoms with Gasteiger partial charge in [-0.05, 0) is 24.6 Å². The van der Waals surface area contributed by atoms with Gasteiger partial charge >= 0.3 is 0 Å². The number of aliphatic hydroxyl groups excluding tert-OH is 6. The van der Waals surface area contributed by atoms with Gasteiger partial charge in [-0.25, -0.2) is 0 Å². The molecule has 0 saturated carbocycles. The van der Waals surface area contributed by atoms with E-state index in [9.17, 15) is 40.5 Å². The first-order valence-corrected chi connectivity index (χ1v) is 13.4. The number of phenolic OH excluding ortho intramolecular Hbond substituents is 1. The molecule has 2 fully saturated rings. The van der Waals surface area contributed by atoms with E-state index in [0.717, 1.165) is 6.07 Å². The van der Waals surface area contributed by atoms with Gasteiger partial charge in [0.05, 0.1) is 26.2 Å². The lowest BCUT2D eigenvalue weighted by atomic mass is 9.95. The average Bonchev–Trinajstić information content (AvgIpc) is 2.97. The number of phenols is 1. The fraction of sp³-hybridized carbons (Fsp3) is 0.536. The molecule has 0 amide bonds. The molecule has 3 aliphatic rings. The molecule has 0 unspecified atom stereocenters. The van der Waals surface area contributed by atoms with Crippen molar-refractivity contribution in [3.8, 4) is 23.0 Å². The minimum absolute atomic E-state index is 0.0200. The topological polar surface area (TPSA) is 214 Å². The van der Waals surface area contributed by atoms with Crippen molar-refractivity contribution in [3.63, 3.8) is 0 Å². The zero-order valence-corrected chi connectivity index (χ0v) is 22.7. The summed E-state index contributed by atoms with van der Waals surface area (Å²) in [6.45, 7) is 0.733. The van der Waals surface area contributed by atoms with E-state index in [1.54, 1.807) is 24.3 Å². The molecule has 2 saturated heterocycles. The standard InChI is InChI=1S/C28H34O14/c1-11-21(32)23(34)25(36)27(38-11)42-26-24(35)22(33)19(10-29)41-28(26)39-14-7-15(30)20-16(31)9-17(40-18(20)8-14)12-3-5-13(37-2)6-4-12/h3-8,11,17,19,21-30,32-36H,9-10H2,1-2H3/t11-,17-,19+,21-,22+,23-,24+,25-,26-,27-,28+/m0/s1. The van der Waals surface area contributed by atoms with Crippen LogP contribution < -0.4 is 14.2 Å². The largest absolute Gasteiger partial charge is 0.507 e. The van der Waals surface area contributed by atoms with Crippen LogP contribution in [0.25, 0.3) is 0 Å². The van der Waals surface area contributed by atoms with Crippen molar-refractivity contribution in [2.45, 2.75) is 80.9 Å². The van der Waals surface area contributed by atoms with Gasteiger partial charge in [0.1, 0.15) is 71.3 Å². The Hall–Kier alpha value is -3.05. The quantitative estimate of drug-likeness (QED) is 0.208. The lowest BCUT2D eigenvalue weighted by Gasteiger charge is -2.45. The molecular weight excluding hydrogens is 560 g/mol. The molecule has 2 aromatic rings. The predicted octanol–water partition coefficient (Wildman–Crippen LogP) is -0.862. The number of methoxy groups -OCH3 is 1. The molecule has 2 aromatic carbocycles. The van der Waals surface area contributed by atoms with Crippen molar-refractivity contribution >= 4 is 5.78 Å².